The van der Waals surface area contributed by atoms with Crippen molar-refractivity contribution >= 4 is 11.3 Å². The van der Waals surface area contributed by atoms with E-state index in [1.807, 2.05) is 16.9 Å². The van der Waals surface area contributed by atoms with Crippen molar-refractivity contribution in [3.05, 3.63) is 56.1 Å². The first kappa shape index (κ1) is 16.4. The smallest absolute Gasteiger partial charge is 0.302 e. The van der Waals surface area contributed by atoms with Gasteiger partial charge < -0.3 is 4.57 Å². The molecule has 5 heteroatoms. The summed E-state index contributed by atoms with van der Waals surface area (Å²) in [6, 6.07) is 8.64. The lowest BCUT2D eigenvalue weighted by Crippen LogP contribution is -2.47. The van der Waals surface area contributed by atoms with Crippen LogP contribution in [0.3, 0.4) is 0 Å². The molecular weight excluding hydrogens is 306 g/mol. The number of aromatic nitrogens is 1. The first-order valence-electron chi connectivity index (χ1n) is 8.27. The first-order valence-corrected chi connectivity index (χ1v) is 9.15. The summed E-state index contributed by atoms with van der Waals surface area (Å²) in [5.41, 5.74) is 3.89. The molecule has 2 heterocycles. The Hall–Kier alpha value is -1.43. The van der Waals surface area contributed by atoms with Crippen LogP contribution in [0.4, 0.5) is 0 Å². The summed E-state index contributed by atoms with van der Waals surface area (Å²) in [7, 11) is 0. The average molecular weight is 331 g/mol. The van der Waals surface area contributed by atoms with E-state index in [1.54, 1.807) is 0 Å². The van der Waals surface area contributed by atoms with Crippen molar-refractivity contribution in [1.29, 1.82) is 0 Å². The third kappa shape index (κ3) is 4.10. The van der Waals surface area contributed by atoms with E-state index in [1.165, 1.54) is 22.5 Å². The molecule has 1 aliphatic heterocycles. The van der Waals surface area contributed by atoms with Gasteiger partial charge in [-0.2, -0.15) is 0 Å². The van der Waals surface area contributed by atoms with E-state index >= 15 is 0 Å². The van der Waals surface area contributed by atoms with Gasteiger partial charge in [0.1, 0.15) is 0 Å². The van der Waals surface area contributed by atoms with Crippen LogP contribution >= 0.6 is 11.3 Å². The van der Waals surface area contributed by atoms with Gasteiger partial charge in [-0.25, -0.2) is 0 Å². The molecule has 1 aromatic heterocycles. The highest BCUT2D eigenvalue weighted by molar-refractivity contribution is 7.07. The van der Waals surface area contributed by atoms with Crippen molar-refractivity contribution in [2.75, 3.05) is 32.7 Å². The normalized spacial score (nSPS) is 16.8. The Morgan fingerprint density at radius 1 is 1.00 bits per heavy atom. The monoisotopic (exact) mass is 331 g/mol. The zero-order valence-electron chi connectivity index (χ0n) is 14.0. The van der Waals surface area contributed by atoms with Crippen LogP contribution in [0.2, 0.25) is 0 Å². The second kappa shape index (κ2) is 7.43. The van der Waals surface area contributed by atoms with Crippen LogP contribution in [0.1, 0.15) is 16.8 Å². The Morgan fingerprint density at radius 2 is 1.70 bits per heavy atom. The molecule has 0 bridgehead atoms. The summed E-state index contributed by atoms with van der Waals surface area (Å²) >= 11 is 1.30. The Bertz CT molecular complexity index is 698. The number of rotatable bonds is 5. The zero-order valence-corrected chi connectivity index (χ0v) is 14.8. The second-order valence-electron chi connectivity index (χ2n) is 6.34. The largest absolute Gasteiger partial charge is 0.307 e. The molecule has 0 spiro atoms. The summed E-state index contributed by atoms with van der Waals surface area (Å²) in [5, 5.41) is 1.95. The molecule has 1 fully saturated rings. The number of thiazole rings is 1. The van der Waals surface area contributed by atoms with Crippen molar-refractivity contribution in [3.8, 4) is 0 Å². The summed E-state index contributed by atoms with van der Waals surface area (Å²) < 4.78 is 1.89. The zero-order chi connectivity index (χ0) is 16.2. The topological polar surface area (TPSA) is 28.5 Å². The van der Waals surface area contributed by atoms with Crippen molar-refractivity contribution in [3.63, 3.8) is 0 Å². The maximum Gasteiger partial charge on any atom is 0.307 e. The van der Waals surface area contributed by atoms with Crippen LogP contribution in [-0.2, 0) is 13.1 Å². The molecule has 0 unspecified atom stereocenters. The van der Waals surface area contributed by atoms with Gasteiger partial charge in [-0.1, -0.05) is 35.6 Å². The van der Waals surface area contributed by atoms with Crippen LogP contribution in [0.15, 0.2) is 34.4 Å². The van der Waals surface area contributed by atoms with E-state index in [4.69, 9.17) is 0 Å². The van der Waals surface area contributed by atoms with Crippen molar-refractivity contribution < 1.29 is 0 Å². The van der Waals surface area contributed by atoms with Gasteiger partial charge in [0.25, 0.3) is 0 Å². The van der Waals surface area contributed by atoms with Crippen LogP contribution < -0.4 is 4.87 Å². The van der Waals surface area contributed by atoms with Crippen molar-refractivity contribution in [2.24, 2.45) is 0 Å². The molecule has 0 atom stereocenters. The molecule has 0 aliphatic carbocycles. The molecule has 23 heavy (non-hydrogen) atoms. The third-order valence-corrected chi connectivity index (χ3v) is 5.62. The molecule has 0 radical (unpaired) electrons. The Balaban J connectivity index is 1.47. The number of hydrogen-bond donors (Lipinski definition) is 0. The molecule has 1 aliphatic rings. The SMILES string of the molecule is Cc1ccccc1CN1CCN(CCn2c(C)csc2=O)CC1. The van der Waals surface area contributed by atoms with E-state index in [0.717, 1.165) is 51.5 Å². The van der Waals surface area contributed by atoms with Crippen molar-refractivity contribution in [1.82, 2.24) is 14.4 Å². The maximum absolute atomic E-state index is 11.8. The molecule has 1 aromatic carbocycles. The van der Waals surface area contributed by atoms with E-state index in [0.29, 0.717) is 0 Å². The molecule has 4 nitrogen and oxygen atoms in total. The van der Waals surface area contributed by atoms with E-state index in [-0.39, 0.29) is 4.87 Å². The van der Waals surface area contributed by atoms with Gasteiger partial charge in [0.2, 0.25) is 0 Å². The quantitative estimate of drug-likeness (QED) is 0.842. The van der Waals surface area contributed by atoms with Gasteiger partial charge in [-0.15, -0.1) is 0 Å². The summed E-state index contributed by atoms with van der Waals surface area (Å²) in [6.07, 6.45) is 0. The molecule has 2 aromatic rings. The highest BCUT2D eigenvalue weighted by Gasteiger charge is 2.17. The Morgan fingerprint density at radius 3 is 2.35 bits per heavy atom. The van der Waals surface area contributed by atoms with Crippen molar-refractivity contribution in [2.45, 2.75) is 26.9 Å². The summed E-state index contributed by atoms with van der Waals surface area (Å²) in [4.78, 5) is 16.9. The van der Waals surface area contributed by atoms with Gasteiger partial charge in [0.05, 0.1) is 0 Å². The minimum atomic E-state index is 0.167. The molecule has 0 saturated carbocycles. The lowest BCUT2D eigenvalue weighted by molar-refractivity contribution is 0.123. The van der Waals surface area contributed by atoms with E-state index in [2.05, 4.69) is 41.0 Å². The average Bonchev–Trinajstić information content (AvgIpc) is 2.88. The number of piperazine rings is 1. The maximum atomic E-state index is 11.8. The highest BCUT2D eigenvalue weighted by Crippen LogP contribution is 2.12. The summed E-state index contributed by atoms with van der Waals surface area (Å²) in [5.74, 6) is 0. The Labute approximate surface area is 142 Å². The van der Waals surface area contributed by atoms with E-state index < -0.39 is 0 Å². The van der Waals surface area contributed by atoms with Crippen LogP contribution in [0.25, 0.3) is 0 Å². The van der Waals surface area contributed by atoms with Gasteiger partial charge >= 0.3 is 4.87 Å². The Kier molecular flexibility index (Phi) is 5.30. The number of hydrogen-bond acceptors (Lipinski definition) is 4. The van der Waals surface area contributed by atoms with E-state index in [9.17, 15) is 4.79 Å². The fourth-order valence-electron chi connectivity index (χ4n) is 3.12. The first-order chi connectivity index (χ1) is 11.1. The number of nitrogens with zero attached hydrogens (tertiary/aromatic N) is 3. The van der Waals surface area contributed by atoms with Gasteiger partial charge in [0.15, 0.2) is 0 Å². The molecular formula is C18H25N3OS. The van der Waals surface area contributed by atoms with Crippen LogP contribution in [0, 0.1) is 13.8 Å². The molecule has 0 amide bonds. The van der Waals surface area contributed by atoms with Crippen LogP contribution in [-0.4, -0.2) is 47.1 Å². The molecule has 1 saturated heterocycles. The molecule has 124 valence electrons. The third-order valence-electron chi connectivity index (χ3n) is 4.74. The lowest BCUT2D eigenvalue weighted by Gasteiger charge is -2.35. The molecule has 0 N–H and O–H groups in total. The summed E-state index contributed by atoms with van der Waals surface area (Å²) in [6.45, 7) is 11.4. The number of benzene rings is 1. The predicted molar refractivity (Wildman–Crippen MR) is 96.2 cm³/mol. The second-order valence-corrected chi connectivity index (χ2v) is 7.16. The molecule has 3 rings (SSSR count). The fourth-order valence-corrected chi connectivity index (χ4v) is 3.88. The fraction of sp³-hybridized carbons (Fsp3) is 0.500. The van der Waals surface area contributed by atoms with Gasteiger partial charge in [-0.3, -0.25) is 14.6 Å². The minimum Gasteiger partial charge on any atom is -0.302 e. The minimum absolute atomic E-state index is 0.167. The van der Waals surface area contributed by atoms with Crippen LogP contribution in [0.5, 0.6) is 0 Å². The highest BCUT2D eigenvalue weighted by atomic mass is 32.1. The van der Waals surface area contributed by atoms with Gasteiger partial charge in [-0.05, 0) is 25.0 Å². The predicted octanol–water partition coefficient (Wildman–Crippen LogP) is 2.34. The van der Waals surface area contributed by atoms with Gasteiger partial charge in [0, 0.05) is 56.9 Å². The standard InChI is InChI=1S/C18H25N3OS/c1-15-5-3-4-6-17(15)13-20-9-7-19(8-10-20)11-12-21-16(2)14-23-18(21)22/h3-6,14H,7-13H2,1-2H3. The number of aryl methyl sites for hydroxylation is 2. The lowest BCUT2D eigenvalue weighted by atomic mass is 10.1.